The van der Waals surface area contributed by atoms with Gasteiger partial charge in [-0.3, -0.25) is 0 Å². The highest BCUT2D eigenvalue weighted by atomic mass is 19.4. The molecule has 1 saturated heterocycles. The fraction of sp³-hybridized carbons (Fsp3) is 1.00. The molecule has 0 spiro atoms. The van der Waals surface area contributed by atoms with Crippen molar-refractivity contribution >= 4 is 0 Å². The fourth-order valence-electron chi connectivity index (χ4n) is 5.60. The van der Waals surface area contributed by atoms with Crippen LogP contribution in [0.15, 0.2) is 0 Å². The summed E-state index contributed by atoms with van der Waals surface area (Å²) in [6, 6.07) is 0. The van der Waals surface area contributed by atoms with Gasteiger partial charge in [0.05, 0.1) is 19.3 Å². The largest absolute Gasteiger partial charge is 0.389 e. The Labute approximate surface area is 180 Å². The van der Waals surface area contributed by atoms with Crippen molar-refractivity contribution in [2.24, 2.45) is 23.7 Å². The van der Waals surface area contributed by atoms with Crippen LogP contribution in [0.25, 0.3) is 0 Å². The van der Waals surface area contributed by atoms with E-state index in [-0.39, 0.29) is 18.6 Å². The average Bonchev–Trinajstić information content (AvgIpc) is 2.74. The van der Waals surface area contributed by atoms with E-state index in [0.717, 1.165) is 31.3 Å². The normalized spacial score (nSPS) is 36.0. The summed E-state index contributed by atoms with van der Waals surface area (Å²) in [4.78, 5) is 0. The van der Waals surface area contributed by atoms with Crippen LogP contribution in [0.5, 0.6) is 0 Å². The van der Waals surface area contributed by atoms with Gasteiger partial charge >= 0.3 is 6.18 Å². The lowest BCUT2D eigenvalue weighted by Crippen LogP contribution is -2.39. The number of hydrogen-bond donors (Lipinski definition) is 0. The third-order valence-electron chi connectivity index (χ3n) is 7.50. The zero-order chi connectivity index (χ0) is 21.4. The number of rotatable bonds is 9. The van der Waals surface area contributed by atoms with E-state index in [0.29, 0.717) is 31.7 Å². The lowest BCUT2D eigenvalue weighted by atomic mass is 9.70. The Morgan fingerprint density at radius 1 is 0.800 bits per heavy atom. The maximum Gasteiger partial charge on any atom is 0.389 e. The Balaban J connectivity index is 1.28. The zero-order valence-corrected chi connectivity index (χ0v) is 18.6. The second-order valence-corrected chi connectivity index (χ2v) is 9.84. The van der Waals surface area contributed by atoms with E-state index >= 15 is 0 Å². The summed E-state index contributed by atoms with van der Waals surface area (Å²) in [5, 5.41) is 0. The van der Waals surface area contributed by atoms with Crippen LogP contribution in [0.1, 0.15) is 90.4 Å². The lowest BCUT2D eigenvalue weighted by molar-refractivity contribution is -0.231. The predicted molar refractivity (Wildman–Crippen MR) is 111 cm³/mol. The van der Waals surface area contributed by atoms with Crippen LogP contribution in [0.4, 0.5) is 13.2 Å². The molecule has 30 heavy (non-hydrogen) atoms. The van der Waals surface area contributed by atoms with E-state index in [1.807, 2.05) is 0 Å². The van der Waals surface area contributed by atoms with Crippen molar-refractivity contribution in [3.05, 3.63) is 0 Å². The summed E-state index contributed by atoms with van der Waals surface area (Å²) >= 11 is 0. The van der Waals surface area contributed by atoms with Gasteiger partial charge in [0.25, 0.3) is 0 Å². The third-order valence-corrected chi connectivity index (χ3v) is 7.50. The van der Waals surface area contributed by atoms with Crippen LogP contribution < -0.4 is 0 Å². The van der Waals surface area contributed by atoms with Crippen molar-refractivity contribution in [3.63, 3.8) is 0 Å². The van der Waals surface area contributed by atoms with Gasteiger partial charge in [-0.05, 0) is 82.5 Å². The SMILES string of the molecule is CCCCOC1CCC(C2CCC(C3OCC(CCCC(F)(F)F)CO3)CC2)CC1. The van der Waals surface area contributed by atoms with Crippen molar-refractivity contribution in [1.29, 1.82) is 0 Å². The standard InChI is InChI=1S/C24H41F3O3/c1-2-3-15-28-22-12-10-20(11-13-22)19-6-8-21(9-7-19)23-29-16-18(17-30-23)5-4-14-24(25,26)27/h18-23H,2-17H2,1H3. The van der Waals surface area contributed by atoms with Crippen LogP contribution in [-0.2, 0) is 14.2 Å². The van der Waals surface area contributed by atoms with Gasteiger partial charge in [0, 0.05) is 24.9 Å². The van der Waals surface area contributed by atoms with Gasteiger partial charge in [-0.2, -0.15) is 13.2 Å². The van der Waals surface area contributed by atoms with Gasteiger partial charge in [0.2, 0.25) is 0 Å². The Hall–Kier alpha value is -0.330. The van der Waals surface area contributed by atoms with Gasteiger partial charge in [-0.1, -0.05) is 13.3 Å². The molecule has 3 nitrogen and oxygen atoms in total. The third kappa shape index (κ3) is 7.98. The molecule has 6 heteroatoms. The molecule has 0 aromatic rings. The van der Waals surface area contributed by atoms with E-state index in [1.54, 1.807) is 0 Å². The Bertz CT molecular complexity index is 461. The highest BCUT2D eigenvalue weighted by molar-refractivity contribution is 4.84. The molecular weight excluding hydrogens is 393 g/mol. The molecule has 1 aliphatic heterocycles. The zero-order valence-electron chi connectivity index (χ0n) is 18.6. The van der Waals surface area contributed by atoms with E-state index < -0.39 is 12.6 Å². The molecule has 0 aromatic heterocycles. The Kier molecular flexibility index (Phi) is 9.77. The molecule has 176 valence electrons. The molecule has 3 aliphatic rings. The van der Waals surface area contributed by atoms with E-state index in [1.165, 1.54) is 51.4 Å². The van der Waals surface area contributed by atoms with E-state index in [4.69, 9.17) is 14.2 Å². The molecule has 0 unspecified atom stereocenters. The van der Waals surface area contributed by atoms with Gasteiger partial charge < -0.3 is 14.2 Å². The minimum absolute atomic E-state index is 0.106. The highest BCUT2D eigenvalue weighted by Crippen LogP contribution is 2.42. The van der Waals surface area contributed by atoms with Crippen molar-refractivity contribution in [2.45, 2.75) is 109 Å². The first kappa shape index (κ1) is 24.3. The Morgan fingerprint density at radius 3 is 1.93 bits per heavy atom. The van der Waals surface area contributed by atoms with Gasteiger partial charge in [-0.25, -0.2) is 0 Å². The maximum atomic E-state index is 12.3. The molecule has 0 N–H and O–H groups in total. The molecule has 0 aromatic carbocycles. The fourth-order valence-corrected chi connectivity index (χ4v) is 5.60. The van der Waals surface area contributed by atoms with E-state index in [9.17, 15) is 13.2 Å². The molecule has 0 radical (unpaired) electrons. The van der Waals surface area contributed by atoms with Crippen LogP contribution in [0, 0.1) is 23.7 Å². The van der Waals surface area contributed by atoms with Gasteiger partial charge in [0.1, 0.15) is 0 Å². The molecule has 2 aliphatic carbocycles. The quantitative estimate of drug-likeness (QED) is 0.370. The molecular formula is C24H41F3O3. The van der Waals surface area contributed by atoms with Crippen LogP contribution in [0.3, 0.4) is 0 Å². The second-order valence-electron chi connectivity index (χ2n) is 9.84. The first-order valence-corrected chi connectivity index (χ1v) is 12.4. The van der Waals surface area contributed by atoms with Crippen molar-refractivity contribution < 1.29 is 27.4 Å². The Morgan fingerprint density at radius 2 is 1.37 bits per heavy atom. The second kappa shape index (κ2) is 12.1. The smallest absolute Gasteiger partial charge is 0.378 e. The van der Waals surface area contributed by atoms with E-state index in [2.05, 4.69) is 6.92 Å². The minimum Gasteiger partial charge on any atom is -0.378 e. The number of unbranched alkanes of at least 4 members (excludes halogenated alkanes) is 1. The summed E-state index contributed by atoms with van der Waals surface area (Å²) < 4.78 is 54.8. The summed E-state index contributed by atoms with van der Waals surface area (Å²) in [7, 11) is 0. The minimum atomic E-state index is -4.06. The van der Waals surface area contributed by atoms with Crippen molar-refractivity contribution in [2.75, 3.05) is 19.8 Å². The van der Waals surface area contributed by atoms with Crippen molar-refractivity contribution in [3.8, 4) is 0 Å². The summed E-state index contributed by atoms with van der Waals surface area (Å²) in [6.45, 7) is 4.22. The molecule has 0 atom stereocenters. The summed E-state index contributed by atoms with van der Waals surface area (Å²) in [6.07, 6.45) is 8.53. The first-order valence-electron chi connectivity index (χ1n) is 12.4. The molecule has 3 rings (SSSR count). The van der Waals surface area contributed by atoms with Crippen LogP contribution >= 0.6 is 0 Å². The summed E-state index contributed by atoms with van der Waals surface area (Å²) in [5.41, 5.74) is 0. The number of hydrogen-bond acceptors (Lipinski definition) is 3. The molecule has 2 saturated carbocycles. The van der Waals surface area contributed by atoms with Crippen LogP contribution in [-0.4, -0.2) is 38.4 Å². The first-order chi connectivity index (χ1) is 14.4. The lowest BCUT2D eigenvalue weighted by Gasteiger charge is -2.41. The molecule has 1 heterocycles. The topological polar surface area (TPSA) is 27.7 Å². The average molecular weight is 435 g/mol. The van der Waals surface area contributed by atoms with Gasteiger partial charge in [0.15, 0.2) is 6.29 Å². The van der Waals surface area contributed by atoms with Gasteiger partial charge in [-0.15, -0.1) is 0 Å². The summed E-state index contributed by atoms with van der Waals surface area (Å²) in [5.74, 6) is 2.24. The maximum absolute atomic E-state index is 12.3. The number of alkyl halides is 3. The molecule has 0 amide bonds. The molecule has 0 bridgehead atoms. The molecule has 3 fully saturated rings. The predicted octanol–water partition coefficient (Wildman–Crippen LogP) is 6.89. The van der Waals surface area contributed by atoms with Crippen LogP contribution in [0.2, 0.25) is 0 Å². The number of ether oxygens (including phenoxy) is 3. The monoisotopic (exact) mass is 434 g/mol. The highest BCUT2D eigenvalue weighted by Gasteiger charge is 2.36. The van der Waals surface area contributed by atoms with Crippen molar-refractivity contribution in [1.82, 2.24) is 0 Å². The number of halogens is 3.